The maximum Gasteiger partial charge on any atom is 0.244 e. The molecule has 2 unspecified atom stereocenters. The molecule has 3 amide bonds. The van der Waals surface area contributed by atoms with Crippen molar-refractivity contribution < 1.29 is 24.2 Å². The third-order valence-corrected chi connectivity index (χ3v) is 9.06. The van der Waals surface area contributed by atoms with E-state index >= 15 is 0 Å². The van der Waals surface area contributed by atoms with Gasteiger partial charge in [0.15, 0.2) is 0 Å². The number of carbonyl (C=O) groups is 3. The molecule has 0 aromatic carbocycles. The van der Waals surface area contributed by atoms with Crippen molar-refractivity contribution in [3.63, 3.8) is 0 Å². The molecule has 3 N–H and O–H groups in total. The van der Waals surface area contributed by atoms with E-state index in [1.54, 1.807) is 30.6 Å². The van der Waals surface area contributed by atoms with Crippen LogP contribution in [0.1, 0.15) is 19.8 Å². The number of nitrogens with zero attached hydrogens (tertiary/aromatic N) is 2. The first-order valence-electron chi connectivity index (χ1n) is 10.8. The topological polar surface area (TPSA) is 111 Å². The number of fused-ring (bicyclic) bond motifs is 1. The molecule has 0 radical (unpaired) electrons. The molecule has 4 aliphatic rings. The Morgan fingerprint density at radius 3 is 2.73 bits per heavy atom. The largest absolute Gasteiger partial charge is 0.394 e. The quantitative estimate of drug-likeness (QED) is 0.449. The number of hydrogen-bond acceptors (Lipinski definition) is 7. The lowest BCUT2D eigenvalue weighted by molar-refractivity contribution is -0.142. The first-order valence-corrected chi connectivity index (χ1v) is 11.7. The molecule has 4 heterocycles. The third kappa shape index (κ3) is 3.41. The molecule has 2 bridgehead atoms. The number of likely N-dealkylation sites (tertiary alicyclic amines) is 1. The zero-order valence-electron chi connectivity index (χ0n) is 17.6. The second kappa shape index (κ2) is 8.64. The lowest BCUT2D eigenvalue weighted by atomic mass is 9.71. The SMILES string of the molecule is CNC(=O)[C@@H]1[C@H]2C(=O)N([C@H](C)CO)C(C(=O)NCCN3CCOCC3)C23CC[C@H]1S3. The molecular formula is C20H32N4O5S. The maximum absolute atomic E-state index is 13.5. The van der Waals surface area contributed by atoms with Crippen LogP contribution in [-0.2, 0) is 19.1 Å². The van der Waals surface area contributed by atoms with E-state index in [0.29, 0.717) is 19.8 Å². The zero-order valence-corrected chi connectivity index (χ0v) is 18.5. The van der Waals surface area contributed by atoms with Gasteiger partial charge in [-0.2, -0.15) is 0 Å². The molecule has 4 saturated heterocycles. The van der Waals surface area contributed by atoms with Crippen molar-refractivity contribution in [1.82, 2.24) is 20.4 Å². The van der Waals surface area contributed by atoms with Crippen molar-refractivity contribution in [2.24, 2.45) is 11.8 Å². The van der Waals surface area contributed by atoms with Gasteiger partial charge >= 0.3 is 0 Å². The van der Waals surface area contributed by atoms with Gasteiger partial charge in [-0.1, -0.05) is 0 Å². The van der Waals surface area contributed by atoms with Gasteiger partial charge in [-0.25, -0.2) is 0 Å². The average molecular weight is 441 g/mol. The van der Waals surface area contributed by atoms with Gasteiger partial charge in [0, 0.05) is 38.5 Å². The van der Waals surface area contributed by atoms with Crippen molar-refractivity contribution in [1.29, 1.82) is 0 Å². The third-order valence-electron chi connectivity index (χ3n) is 7.11. The Bertz CT molecular complexity index is 703. The van der Waals surface area contributed by atoms with Crippen LogP contribution in [0, 0.1) is 11.8 Å². The summed E-state index contributed by atoms with van der Waals surface area (Å²) in [5.41, 5.74) is 0. The first-order chi connectivity index (χ1) is 14.4. The minimum atomic E-state index is -0.661. The number of morpholine rings is 1. The number of aliphatic hydroxyl groups is 1. The van der Waals surface area contributed by atoms with Crippen LogP contribution in [0.2, 0.25) is 0 Å². The molecule has 0 aromatic heterocycles. The van der Waals surface area contributed by atoms with E-state index in [9.17, 15) is 19.5 Å². The van der Waals surface area contributed by atoms with Crippen LogP contribution >= 0.6 is 11.8 Å². The highest BCUT2D eigenvalue weighted by atomic mass is 32.2. The fraction of sp³-hybridized carbons (Fsp3) is 0.850. The van der Waals surface area contributed by atoms with Crippen LogP contribution in [0.4, 0.5) is 0 Å². The summed E-state index contributed by atoms with van der Waals surface area (Å²) in [4.78, 5) is 43.2. The molecule has 0 saturated carbocycles. The summed E-state index contributed by atoms with van der Waals surface area (Å²) in [5.74, 6) is -1.40. The lowest BCUT2D eigenvalue weighted by Crippen LogP contribution is -2.56. The molecule has 30 heavy (non-hydrogen) atoms. The fourth-order valence-corrected chi connectivity index (χ4v) is 7.88. The van der Waals surface area contributed by atoms with Gasteiger partial charge < -0.3 is 25.4 Å². The predicted octanol–water partition coefficient (Wildman–Crippen LogP) is -1.35. The molecule has 4 rings (SSSR count). The van der Waals surface area contributed by atoms with Gasteiger partial charge in [0.25, 0.3) is 0 Å². The average Bonchev–Trinajstić information content (AvgIpc) is 3.40. The Kier molecular flexibility index (Phi) is 6.30. The minimum Gasteiger partial charge on any atom is -0.394 e. The number of amides is 3. The summed E-state index contributed by atoms with van der Waals surface area (Å²) in [7, 11) is 1.59. The number of aliphatic hydroxyl groups excluding tert-OH is 1. The molecule has 0 aromatic rings. The normalized spacial score (nSPS) is 36.6. The van der Waals surface area contributed by atoms with E-state index < -0.39 is 28.7 Å². The van der Waals surface area contributed by atoms with E-state index in [0.717, 1.165) is 32.5 Å². The van der Waals surface area contributed by atoms with Crippen LogP contribution in [-0.4, -0.2) is 108 Å². The van der Waals surface area contributed by atoms with Gasteiger partial charge in [-0.05, 0) is 19.8 Å². The standard InChI is InChI=1S/C20H32N4O5S/c1-12(11-25)24-16(18(27)22-5-6-23-7-9-29-10-8-23)20-4-3-13(30-20)14(17(26)21-2)15(20)19(24)28/h12-16,25H,3-11H2,1-2H3,(H,21,26)(H,22,27)/t12-,13-,14+,15+,16?,20?/m1/s1. The van der Waals surface area contributed by atoms with Crippen LogP contribution in [0.3, 0.4) is 0 Å². The van der Waals surface area contributed by atoms with E-state index in [1.165, 1.54) is 0 Å². The van der Waals surface area contributed by atoms with Crippen molar-refractivity contribution in [3.8, 4) is 0 Å². The number of hydrogen-bond donors (Lipinski definition) is 3. The number of carbonyl (C=O) groups excluding carboxylic acids is 3. The molecule has 1 spiro atoms. The highest BCUT2D eigenvalue weighted by Gasteiger charge is 2.73. The minimum absolute atomic E-state index is 0.0640. The number of nitrogens with one attached hydrogen (secondary N) is 2. The summed E-state index contributed by atoms with van der Waals surface area (Å²) in [5, 5.41) is 15.6. The lowest BCUT2D eigenvalue weighted by Gasteiger charge is -2.36. The summed E-state index contributed by atoms with van der Waals surface area (Å²) < 4.78 is 4.77. The maximum atomic E-state index is 13.5. The molecule has 10 heteroatoms. The Balaban J connectivity index is 1.54. The Morgan fingerprint density at radius 1 is 1.33 bits per heavy atom. The van der Waals surface area contributed by atoms with E-state index in [-0.39, 0.29) is 29.6 Å². The molecule has 9 nitrogen and oxygen atoms in total. The monoisotopic (exact) mass is 440 g/mol. The fourth-order valence-electron chi connectivity index (χ4n) is 5.68. The van der Waals surface area contributed by atoms with E-state index in [1.807, 2.05) is 0 Å². The number of thioether (sulfide) groups is 1. The molecule has 4 aliphatic heterocycles. The van der Waals surface area contributed by atoms with Crippen LogP contribution in [0.5, 0.6) is 0 Å². The van der Waals surface area contributed by atoms with Gasteiger partial charge in [0.2, 0.25) is 17.7 Å². The molecule has 4 fully saturated rings. The summed E-state index contributed by atoms with van der Waals surface area (Å²) >= 11 is 1.64. The van der Waals surface area contributed by atoms with Crippen molar-refractivity contribution in [2.45, 2.75) is 41.8 Å². The van der Waals surface area contributed by atoms with Crippen molar-refractivity contribution >= 4 is 29.5 Å². The first kappa shape index (κ1) is 21.9. The van der Waals surface area contributed by atoms with Crippen LogP contribution < -0.4 is 10.6 Å². The molecule has 0 aliphatic carbocycles. The van der Waals surface area contributed by atoms with Crippen LogP contribution in [0.25, 0.3) is 0 Å². The molecule has 6 atom stereocenters. The van der Waals surface area contributed by atoms with Crippen LogP contribution in [0.15, 0.2) is 0 Å². The Labute approximate surface area is 181 Å². The van der Waals surface area contributed by atoms with Gasteiger partial charge in [0.05, 0.1) is 42.4 Å². The summed E-state index contributed by atoms with van der Waals surface area (Å²) in [6, 6.07) is -1.14. The predicted molar refractivity (Wildman–Crippen MR) is 112 cm³/mol. The Morgan fingerprint density at radius 2 is 2.07 bits per heavy atom. The van der Waals surface area contributed by atoms with E-state index in [2.05, 4.69) is 15.5 Å². The zero-order chi connectivity index (χ0) is 21.5. The van der Waals surface area contributed by atoms with Gasteiger partial charge in [0.1, 0.15) is 6.04 Å². The second-order valence-corrected chi connectivity index (χ2v) is 10.3. The second-order valence-electron chi connectivity index (χ2n) is 8.69. The Hall–Kier alpha value is -1.36. The molecular weight excluding hydrogens is 408 g/mol. The number of ether oxygens (including phenoxy) is 1. The van der Waals surface area contributed by atoms with E-state index in [4.69, 9.17) is 4.74 Å². The van der Waals surface area contributed by atoms with Gasteiger partial charge in [-0.3, -0.25) is 19.3 Å². The van der Waals surface area contributed by atoms with Crippen molar-refractivity contribution in [3.05, 3.63) is 0 Å². The van der Waals surface area contributed by atoms with Crippen molar-refractivity contribution in [2.75, 3.05) is 53.0 Å². The molecule has 168 valence electrons. The summed E-state index contributed by atoms with van der Waals surface area (Å²) in [6.45, 7) is 5.89. The highest BCUT2D eigenvalue weighted by Crippen LogP contribution is 2.66. The van der Waals surface area contributed by atoms with Gasteiger partial charge in [-0.15, -0.1) is 11.8 Å². The highest BCUT2D eigenvalue weighted by molar-refractivity contribution is 8.02. The number of rotatable bonds is 7. The smallest absolute Gasteiger partial charge is 0.244 e. The summed E-state index contributed by atoms with van der Waals surface area (Å²) in [6.07, 6.45) is 1.56.